The van der Waals surface area contributed by atoms with E-state index in [4.69, 9.17) is 9.15 Å². The number of halogens is 1. The highest BCUT2D eigenvalue weighted by atomic mass is 79.9. The van der Waals surface area contributed by atoms with Crippen molar-refractivity contribution in [2.45, 2.75) is 13.0 Å². The number of carbonyl (C=O) groups excluding carboxylic acids is 1. The molecule has 0 spiro atoms. The Morgan fingerprint density at radius 1 is 1.42 bits per heavy atom. The van der Waals surface area contributed by atoms with E-state index in [1.165, 1.54) is 7.11 Å². The average molecular weight is 326 g/mol. The number of esters is 1. The number of furan rings is 1. The van der Waals surface area contributed by atoms with Crippen molar-refractivity contribution in [3.8, 4) is 5.75 Å². The largest absolute Gasteiger partial charge is 0.481 e. The predicted molar refractivity (Wildman–Crippen MR) is 71.0 cm³/mol. The molecule has 1 atom stereocenters. The fraction of sp³-hybridized carbons (Fsp3) is 0.231. The van der Waals surface area contributed by atoms with Crippen molar-refractivity contribution in [3.05, 3.63) is 46.6 Å². The molecule has 6 heteroatoms. The lowest BCUT2D eigenvalue weighted by Crippen LogP contribution is -2.03. The maximum Gasteiger partial charge on any atom is 0.373 e. The zero-order valence-electron chi connectivity index (χ0n) is 10.4. The van der Waals surface area contributed by atoms with Crippen molar-refractivity contribution in [1.82, 2.24) is 4.98 Å². The summed E-state index contributed by atoms with van der Waals surface area (Å²) in [7, 11) is 1.30. The smallest absolute Gasteiger partial charge is 0.373 e. The van der Waals surface area contributed by atoms with Crippen LogP contribution in [0, 0.1) is 0 Å². The second kappa shape index (κ2) is 5.88. The lowest BCUT2D eigenvalue weighted by Gasteiger charge is -2.12. The molecule has 2 aromatic rings. The van der Waals surface area contributed by atoms with Gasteiger partial charge in [0.15, 0.2) is 6.10 Å². The maximum atomic E-state index is 11.3. The van der Waals surface area contributed by atoms with Gasteiger partial charge in [-0.25, -0.2) is 4.79 Å². The van der Waals surface area contributed by atoms with Gasteiger partial charge in [0.1, 0.15) is 11.5 Å². The average Bonchev–Trinajstić information content (AvgIpc) is 2.87. The van der Waals surface area contributed by atoms with Crippen molar-refractivity contribution >= 4 is 21.9 Å². The monoisotopic (exact) mass is 325 g/mol. The van der Waals surface area contributed by atoms with Gasteiger partial charge in [0.2, 0.25) is 5.76 Å². The van der Waals surface area contributed by atoms with Crippen LogP contribution in [0.1, 0.15) is 29.3 Å². The van der Waals surface area contributed by atoms with E-state index in [-0.39, 0.29) is 11.9 Å². The number of nitrogens with zero attached hydrogens (tertiary/aromatic N) is 1. The Bertz CT molecular complexity index is 582. The zero-order chi connectivity index (χ0) is 13.8. The summed E-state index contributed by atoms with van der Waals surface area (Å²) in [6.07, 6.45) is 2.93. The lowest BCUT2D eigenvalue weighted by molar-refractivity contribution is 0.0558. The minimum absolute atomic E-state index is 0.153. The van der Waals surface area contributed by atoms with Crippen LogP contribution in [-0.2, 0) is 4.74 Å². The van der Waals surface area contributed by atoms with Gasteiger partial charge in [-0.1, -0.05) is 0 Å². The summed E-state index contributed by atoms with van der Waals surface area (Å²) in [5.74, 6) is 0.793. The maximum absolute atomic E-state index is 11.3. The summed E-state index contributed by atoms with van der Waals surface area (Å²) >= 11 is 3.31. The molecule has 2 rings (SSSR count). The standard InChI is InChI=1S/C13H12BrNO4/c1-8(18-10-5-9(14)6-15-7-10)11-3-4-12(19-11)13(16)17-2/h3-8H,1-2H3. The second-order valence-corrected chi connectivity index (χ2v) is 4.71. The van der Waals surface area contributed by atoms with Gasteiger partial charge in [-0.3, -0.25) is 4.98 Å². The Morgan fingerprint density at radius 2 is 2.21 bits per heavy atom. The number of aromatic nitrogens is 1. The Balaban J connectivity index is 2.09. The highest BCUT2D eigenvalue weighted by Gasteiger charge is 2.16. The van der Waals surface area contributed by atoms with E-state index in [0.29, 0.717) is 11.5 Å². The van der Waals surface area contributed by atoms with E-state index in [9.17, 15) is 4.79 Å². The third-order valence-electron chi connectivity index (χ3n) is 2.41. The molecule has 2 heterocycles. The number of hydrogen-bond donors (Lipinski definition) is 0. The summed E-state index contributed by atoms with van der Waals surface area (Å²) < 4.78 is 16.4. The van der Waals surface area contributed by atoms with Crippen molar-refractivity contribution in [3.63, 3.8) is 0 Å². The molecule has 100 valence electrons. The SMILES string of the molecule is COC(=O)c1ccc(C(C)Oc2cncc(Br)c2)o1. The number of carbonyl (C=O) groups is 1. The van der Waals surface area contributed by atoms with Gasteiger partial charge < -0.3 is 13.9 Å². The molecule has 0 radical (unpaired) electrons. The lowest BCUT2D eigenvalue weighted by atomic mass is 10.3. The Hall–Kier alpha value is -1.82. The molecule has 2 aromatic heterocycles. The van der Waals surface area contributed by atoms with Gasteiger partial charge in [-0.15, -0.1) is 0 Å². The normalized spacial score (nSPS) is 11.9. The summed E-state index contributed by atoms with van der Waals surface area (Å²) in [4.78, 5) is 15.3. The third kappa shape index (κ3) is 3.35. The van der Waals surface area contributed by atoms with Gasteiger partial charge in [-0.2, -0.15) is 0 Å². The fourth-order valence-electron chi connectivity index (χ4n) is 1.50. The summed E-state index contributed by atoms with van der Waals surface area (Å²) in [6, 6.07) is 5.04. The van der Waals surface area contributed by atoms with Gasteiger partial charge in [0.25, 0.3) is 0 Å². The van der Waals surface area contributed by atoms with Crippen LogP contribution in [0.3, 0.4) is 0 Å². The summed E-state index contributed by atoms with van der Waals surface area (Å²) in [5.41, 5.74) is 0. The van der Waals surface area contributed by atoms with Gasteiger partial charge in [-0.05, 0) is 41.1 Å². The van der Waals surface area contributed by atoms with Crippen molar-refractivity contribution < 1.29 is 18.7 Å². The number of methoxy groups -OCH3 is 1. The molecule has 0 aromatic carbocycles. The van der Waals surface area contributed by atoms with Crippen LogP contribution in [0.15, 0.2) is 39.5 Å². The van der Waals surface area contributed by atoms with E-state index in [0.717, 1.165) is 4.47 Å². The highest BCUT2D eigenvalue weighted by Crippen LogP contribution is 2.24. The van der Waals surface area contributed by atoms with Crippen LogP contribution in [0.4, 0.5) is 0 Å². The van der Waals surface area contributed by atoms with E-state index in [1.807, 2.05) is 6.92 Å². The molecule has 0 N–H and O–H groups in total. The number of hydrogen-bond acceptors (Lipinski definition) is 5. The first-order valence-electron chi connectivity index (χ1n) is 5.55. The van der Waals surface area contributed by atoms with Crippen LogP contribution in [-0.4, -0.2) is 18.1 Å². The van der Waals surface area contributed by atoms with E-state index < -0.39 is 5.97 Å². The van der Waals surface area contributed by atoms with E-state index in [2.05, 4.69) is 25.7 Å². The topological polar surface area (TPSA) is 61.6 Å². The molecular formula is C13H12BrNO4. The minimum Gasteiger partial charge on any atom is -0.481 e. The van der Waals surface area contributed by atoms with Crippen LogP contribution in [0.2, 0.25) is 0 Å². The van der Waals surface area contributed by atoms with Crippen LogP contribution in [0.25, 0.3) is 0 Å². The van der Waals surface area contributed by atoms with Gasteiger partial charge >= 0.3 is 5.97 Å². The van der Waals surface area contributed by atoms with Gasteiger partial charge in [0, 0.05) is 10.7 Å². The quantitative estimate of drug-likeness (QED) is 0.806. The molecule has 5 nitrogen and oxygen atoms in total. The molecule has 0 aliphatic carbocycles. The molecule has 0 aliphatic rings. The molecule has 0 aliphatic heterocycles. The molecule has 0 saturated heterocycles. The molecule has 0 amide bonds. The summed E-state index contributed by atoms with van der Waals surface area (Å²) in [6.45, 7) is 1.82. The van der Waals surface area contributed by atoms with E-state index >= 15 is 0 Å². The van der Waals surface area contributed by atoms with Gasteiger partial charge in [0.05, 0.1) is 13.3 Å². The minimum atomic E-state index is -0.512. The molecule has 0 bridgehead atoms. The number of ether oxygens (including phenoxy) is 2. The Kier molecular flexibility index (Phi) is 4.21. The number of pyridine rings is 1. The predicted octanol–water partition coefficient (Wildman–Crippen LogP) is 3.36. The van der Waals surface area contributed by atoms with E-state index in [1.54, 1.807) is 30.6 Å². The first kappa shape index (κ1) is 13.6. The molecule has 0 fully saturated rings. The molecule has 1 unspecified atom stereocenters. The molecular weight excluding hydrogens is 314 g/mol. The van der Waals surface area contributed by atoms with Crippen molar-refractivity contribution in [2.75, 3.05) is 7.11 Å². The second-order valence-electron chi connectivity index (χ2n) is 3.79. The van der Waals surface area contributed by atoms with Crippen LogP contribution < -0.4 is 4.74 Å². The molecule has 0 saturated carbocycles. The first-order valence-corrected chi connectivity index (χ1v) is 6.34. The zero-order valence-corrected chi connectivity index (χ0v) is 12.0. The Labute approximate surface area is 118 Å². The fourth-order valence-corrected chi connectivity index (χ4v) is 1.84. The van der Waals surface area contributed by atoms with Crippen LogP contribution in [0.5, 0.6) is 5.75 Å². The van der Waals surface area contributed by atoms with Crippen LogP contribution >= 0.6 is 15.9 Å². The Morgan fingerprint density at radius 3 is 2.89 bits per heavy atom. The van der Waals surface area contributed by atoms with Crippen molar-refractivity contribution in [1.29, 1.82) is 0 Å². The summed E-state index contributed by atoms with van der Waals surface area (Å²) in [5, 5.41) is 0. The first-order chi connectivity index (χ1) is 9.10. The highest BCUT2D eigenvalue weighted by molar-refractivity contribution is 9.10. The number of rotatable bonds is 4. The van der Waals surface area contributed by atoms with Crippen molar-refractivity contribution in [2.24, 2.45) is 0 Å². The third-order valence-corrected chi connectivity index (χ3v) is 2.84. The molecule has 19 heavy (non-hydrogen) atoms.